The summed E-state index contributed by atoms with van der Waals surface area (Å²) in [5.41, 5.74) is 0.740. The van der Waals surface area contributed by atoms with Gasteiger partial charge in [0, 0.05) is 41.8 Å². The molecule has 1 saturated heterocycles. The minimum atomic E-state index is -0.162. The van der Waals surface area contributed by atoms with Crippen molar-refractivity contribution in [2.45, 2.75) is 25.9 Å². The van der Waals surface area contributed by atoms with Crippen LogP contribution in [0.3, 0.4) is 0 Å². The van der Waals surface area contributed by atoms with Crippen LogP contribution in [-0.2, 0) is 11.3 Å². The Labute approximate surface area is 128 Å². The first-order chi connectivity index (χ1) is 9.49. The minimum absolute atomic E-state index is 0.0479. The van der Waals surface area contributed by atoms with Gasteiger partial charge in [-0.3, -0.25) is 4.90 Å². The van der Waals surface area contributed by atoms with E-state index in [2.05, 4.69) is 40.0 Å². The van der Waals surface area contributed by atoms with Crippen LogP contribution in [0, 0.1) is 5.82 Å². The molecule has 3 nitrogen and oxygen atoms in total. The number of hydrogen-bond acceptors (Lipinski definition) is 3. The molecule has 1 heterocycles. The monoisotopic (exact) mass is 344 g/mol. The molecule has 5 heteroatoms. The van der Waals surface area contributed by atoms with E-state index >= 15 is 0 Å². The van der Waals surface area contributed by atoms with Crippen molar-refractivity contribution in [2.24, 2.45) is 0 Å². The van der Waals surface area contributed by atoms with Gasteiger partial charge < -0.3 is 10.1 Å². The molecule has 20 heavy (non-hydrogen) atoms. The molecule has 0 bridgehead atoms. The highest BCUT2D eigenvalue weighted by molar-refractivity contribution is 9.10. The molecule has 0 saturated carbocycles. The molecule has 1 aliphatic rings. The van der Waals surface area contributed by atoms with Crippen molar-refractivity contribution < 1.29 is 9.13 Å². The van der Waals surface area contributed by atoms with Gasteiger partial charge in [-0.1, -0.05) is 15.9 Å². The van der Waals surface area contributed by atoms with Gasteiger partial charge in [0.05, 0.1) is 13.2 Å². The predicted octanol–water partition coefficient (Wildman–Crippen LogP) is 2.79. The van der Waals surface area contributed by atoms with E-state index in [1.807, 2.05) is 6.07 Å². The number of nitrogens with zero attached hydrogens (tertiary/aromatic N) is 1. The first kappa shape index (κ1) is 15.9. The zero-order valence-electron chi connectivity index (χ0n) is 12.1. The molecule has 0 unspecified atom stereocenters. The summed E-state index contributed by atoms with van der Waals surface area (Å²) in [4.78, 5) is 2.42. The molecule has 0 spiro atoms. The average molecular weight is 345 g/mol. The summed E-state index contributed by atoms with van der Waals surface area (Å²) < 4.78 is 19.9. The summed E-state index contributed by atoms with van der Waals surface area (Å²) in [5, 5.41) is 3.36. The number of morpholine rings is 1. The van der Waals surface area contributed by atoms with Gasteiger partial charge in [0.2, 0.25) is 0 Å². The molecule has 1 aromatic carbocycles. The van der Waals surface area contributed by atoms with E-state index in [1.54, 1.807) is 6.07 Å². The fraction of sp³-hybridized carbons (Fsp3) is 0.600. The maximum absolute atomic E-state index is 13.7. The van der Waals surface area contributed by atoms with Crippen molar-refractivity contribution in [3.05, 3.63) is 34.1 Å². The Morgan fingerprint density at radius 3 is 2.75 bits per heavy atom. The van der Waals surface area contributed by atoms with Crippen molar-refractivity contribution in [3.63, 3.8) is 0 Å². The predicted molar refractivity (Wildman–Crippen MR) is 82.3 cm³/mol. The van der Waals surface area contributed by atoms with Crippen LogP contribution in [0.2, 0.25) is 0 Å². The number of benzene rings is 1. The first-order valence-corrected chi connectivity index (χ1v) is 7.76. The summed E-state index contributed by atoms with van der Waals surface area (Å²) in [6.45, 7) is 9.29. The standard InChI is InChI=1S/C15H22BrFN2O/c1-15(2,19-5-7-20-8-6-19)11-18-10-12-9-13(16)3-4-14(12)17/h3-4,9,18H,5-8,10-11H2,1-2H3. The average Bonchev–Trinajstić information content (AvgIpc) is 2.43. The molecule has 1 aliphatic heterocycles. The van der Waals surface area contributed by atoms with Crippen molar-refractivity contribution >= 4 is 15.9 Å². The third-order valence-corrected chi connectivity index (χ3v) is 4.24. The van der Waals surface area contributed by atoms with E-state index in [9.17, 15) is 4.39 Å². The van der Waals surface area contributed by atoms with Crippen LogP contribution < -0.4 is 5.32 Å². The third-order valence-electron chi connectivity index (χ3n) is 3.75. The summed E-state index contributed by atoms with van der Waals surface area (Å²) >= 11 is 3.37. The van der Waals surface area contributed by atoms with Crippen LogP contribution in [0.5, 0.6) is 0 Å². The zero-order valence-corrected chi connectivity index (χ0v) is 13.7. The van der Waals surface area contributed by atoms with Gasteiger partial charge in [-0.2, -0.15) is 0 Å². The third kappa shape index (κ3) is 4.25. The lowest BCUT2D eigenvalue weighted by Gasteiger charge is -2.41. The molecule has 0 aliphatic carbocycles. The molecule has 1 fully saturated rings. The van der Waals surface area contributed by atoms with Gasteiger partial charge in [-0.05, 0) is 32.0 Å². The Morgan fingerprint density at radius 2 is 2.05 bits per heavy atom. The van der Waals surface area contributed by atoms with E-state index in [0.29, 0.717) is 12.1 Å². The Bertz CT molecular complexity index is 447. The Morgan fingerprint density at radius 1 is 1.35 bits per heavy atom. The smallest absolute Gasteiger partial charge is 0.127 e. The fourth-order valence-electron chi connectivity index (χ4n) is 2.46. The summed E-state index contributed by atoms with van der Waals surface area (Å²) in [6, 6.07) is 5.04. The van der Waals surface area contributed by atoms with Gasteiger partial charge in [-0.25, -0.2) is 4.39 Å². The molecule has 1 aromatic rings. The molecular weight excluding hydrogens is 323 g/mol. The lowest BCUT2D eigenvalue weighted by atomic mass is 10.0. The van der Waals surface area contributed by atoms with E-state index in [0.717, 1.165) is 37.3 Å². The van der Waals surface area contributed by atoms with E-state index in [1.165, 1.54) is 6.07 Å². The van der Waals surface area contributed by atoms with Crippen molar-refractivity contribution in [3.8, 4) is 0 Å². The molecule has 0 atom stereocenters. The van der Waals surface area contributed by atoms with E-state index in [-0.39, 0.29) is 11.4 Å². The quantitative estimate of drug-likeness (QED) is 0.888. The molecule has 0 aromatic heterocycles. The van der Waals surface area contributed by atoms with Crippen LogP contribution >= 0.6 is 15.9 Å². The van der Waals surface area contributed by atoms with Gasteiger partial charge in [0.1, 0.15) is 5.82 Å². The van der Waals surface area contributed by atoms with Crippen LogP contribution in [0.1, 0.15) is 19.4 Å². The second-order valence-corrected chi connectivity index (χ2v) is 6.67. The van der Waals surface area contributed by atoms with Gasteiger partial charge in [0.15, 0.2) is 0 Å². The molecule has 112 valence electrons. The zero-order chi connectivity index (χ0) is 14.6. The van der Waals surface area contributed by atoms with Crippen LogP contribution in [0.25, 0.3) is 0 Å². The molecular formula is C15H22BrFN2O. The van der Waals surface area contributed by atoms with Gasteiger partial charge in [0.25, 0.3) is 0 Å². The molecule has 0 amide bonds. The van der Waals surface area contributed by atoms with Gasteiger partial charge in [-0.15, -0.1) is 0 Å². The highest BCUT2D eigenvalue weighted by atomic mass is 79.9. The van der Waals surface area contributed by atoms with Crippen molar-refractivity contribution in [2.75, 3.05) is 32.8 Å². The minimum Gasteiger partial charge on any atom is -0.379 e. The number of halogens is 2. The number of rotatable bonds is 5. The maximum atomic E-state index is 13.7. The second kappa shape index (κ2) is 6.98. The van der Waals surface area contributed by atoms with Crippen molar-refractivity contribution in [1.29, 1.82) is 0 Å². The van der Waals surface area contributed by atoms with Crippen molar-refractivity contribution in [1.82, 2.24) is 10.2 Å². The number of ether oxygens (including phenoxy) is 1. The van der Waals surface area contributed by atoms with Crippen LogP contribution in [0.4, 0.5) is 4.39 Å². The Hall–Kier alpha value is -0.490. The van der Waals surface area contributed by atoms with Crippen LogP contribution in [-0.4, -0.2) is 43.3 Å². The molecule has 0 radical (unpaired) electrons. The highest BCUT2D eigenvalue weighted by Crippen LogP contribution is 2.17. The lowest BCUT2D eigenvalue weighted by Crippen LogP contribution is -2.54. The number of nitrogens with one attached hydrogen (secondary N) is 1. The number of hydrogen-bond donors (Lipinski definition) is 1. The normalized spacial score (nSPS) is 17.4. The highest BCUT2D eigenvalue weighted by Gasteiger charge is 2.27. The summed E-state index contributed by atoms with van der Waals surface area (Å²) in [5.74, 6) is -0.162. The van der Waals surface area contributed by atoms with E-state index in [4.69, 9.17) is 4.74 Å². The maximum Gasteiger partial charge on any atom is 0.127 e. The lowest BCUT2D eigenvalue weighted by molar-refractivity contribution is -0.00968. The Balaban J connectivity index is 1.86. The summed E-state index contributed by atoms with van der Waals surface area (Å²) in [7, 11) is 0. The summed E-state index contributed by atoms with van der Waals surface area (Å²) in [6.07, 6.45) is 0. The van der Waals surface area contributed by atoms with Gasteiger partial charge >= 0.3 is 0 Å². The topological polar surface area (TPSA) is 24.5 Å². The SMILES string of the molecule is CC(C)(CNCc1cc(Br)ccc1F)N1CCOCC1. The second-order valence-electron chi connectivity index (χ2n) is 5.75. The Kier molecular flexibility index (Phi) is 5.55. The van der Waals surface area contributed by atoms with Crippen LogP contribution in [0.15, 0.2) is 22.7 Å². The molecule has 2 rings (SSSR count). The molecule has 1 N–H and O–H groups in total. The fourth-order valence-corrected chi connectivity index (χ4v) is 2.87. The largest absolute Gasteiger partial charge is 0.379 e. The van der Waals surface area contributed by atoms with E-state index < -0.39 is 0 Å². The first-order valence-electron chi connectivity index (χ1n) is 6.96.